The Morgan fingerprint density at radius 3 is 2.65 bits per heavy atom. The van der Waals surface area contributed by atoms with E-state index >= 15 is 0 Å². The largest absolute Gasteiger partial charge is 0.350 e. The van der Waals surface area contributed by atoms with Gasteiger partial charge in [0.05, 0.1) is 10.9 Å². The van der Waals surface area contributed by atoms with Crippen LogP contribution in [0.5, 0.6) is 0 Å². The van der Waals surface area contributed by atoms with Crippen molar-refractivity contribution < 1.29 is 4.79 Å². The van der Waals surface area contributed by atoms with Gasteiger partial charge in [-0.15, -0.1) is 0 Å². The van der Waals surface area contributed by atoms with Crippen LogP contribution in [0.15, 0.2) is 47.3 Å². The first-order chi connectivity index (χ1) is 12.5. The van der Waals surface area contributed by atoms with Crippen LogP contribution in [0.2, 0.25) is 10.0 Å². The molecule has 0 unspecified atom stereocenters. The summed E-state index contributed by atoms with van der Waals surface area (Å²) < 4.78 is 1.62. The van der Waals surface area contributed by atoms with Gasteiger partial charge in [-0.3, -0.25) is 14.3 Å². The summed E-state index contributed by atoms with van der Waals surface area (Å²) >= 11 is 12.0. The van der Waals surface area contributed by atoms with Crippen LogP contribution in [0.1, 0.15) is 23.0 Å². The second kappa shape index (κ2) is 7.89. The molecule has 0 atom stereocenters. The van der Waals surface area contributed by atoms with Crippen LogP contribution >= 0.6 is 23.2 Å². The highest BCUT2D eigenvalue weighted by atomic mass is 35.5. The molecule has 1 heterocycles. The lowest BCUT2D eigenvalue weighted by molar-refractivity contribution is 0.0946. The highest BCUT2D eigenvalue weighted by Gasteiger charge is 2.17. The molecule has 5 nitrogen and oxygen atoms in total. The van der Waals surface area contributed by atoms with E-state index < -0.39 is 11.3 Å². The minimum atomic E-state index is -0.499. The van der Waals surface area contributed by atoms with Gasteiger partial charge >= 0.3 is 0 Å². The van der Waals surface area contributed by atoms with Gasteiger partial charge in [0.25, 0.3) is 5.91 Å². The first kappa shape index (κ1) is 18.4. The Balaban J connectivity index is 1.83. The number of carbonyl (C=O) groups excluding carboxylic acids is 1. The minimum absolute atomic E-state index is 0.132. The fourth-order valence-corrected chi connectivity index (χ4v) is 3.13. The number of rotatable bonds is 5. The Morgan fingerprint density at radius 2 is 1.92 bits per heavy atom. The maximum atomic E-state index is 12.7. The number of aryl methyl sites for hydroxylation is 1. The van der Waals surface area contributed by atoms with Crippen LogP contribution in [0.4, 0.5) is 0 Å². The molecule has 3 aromatic rings. The van der Waals surface area contributed by atoms with E-state index in [0.717, 1.165) is 5.56 Å². The van der Waals surface area contributed by atoms with E-state index in [-0.39, 0.29) is 5.69 Å². The number of carbonyl (C=O) groups is 1. The van der Waals surface area contributed by atoms with Crippen LogP contribution < -0.4 is 10.7 Å². The van der Waals surface area contributed by atoms with E-state index in [1.807, 2.05) is 25.1 Å². The Hall–Kier alpha value is -2.37. The SMILES string of the molecule is CCn1nc(C(=O)NCCc2cccc(Cl)c2)c(=O)c2cc(Cl)ccc21. The smallest absolute Gasteiger partial charge is 0.275 e. The summed E-state index contributed by atoms with van der Waals surface area (Å²) in [5.74, 6) is -0.499. The molecule has 7 heteroatoms. The Labute approximate surface area is 160 Å². The summed E-state index contributed by atoms with van der Waals surface area (Å²) in [6.07, 6.45) is 0.605. The van der Waals surface area contributed by atoms with Crippen molar-refractivity contribution in [2.75, 3.05) is 6.54 Å². The summed E-state index contributed by atoms with van der Waals surface area (Å²) in [5.41, 5.74) is 1.10. The standard InChI is InChI=1S/C19H17Cl2N3O2/c1-2-24-16-7-6-14(21)11-15(16)18(25)17(23-24)19(26)22-9-8-12-4-3-5-13(20)10-12/h3-7,10-11H,2,8-9H2,1H3,(H,22,26). The molecule has 26 heavy (non-hydrogen) atoms. The van der Waals surface area contributed by atoms with Gasteiger partial charge in [0.15, 0.2) is 5.69 Å². The van der Waals surface area contributed by atoms with Gasteiger partial charge in [0, 0.05) is 23.1 Å². The third kappa shape index (κ3) is 3.89. The normalized spacial score (nSPS) is 10.9. The van der Waals surface area contributed by atoms with Gasteiger partial charge in [0.2, 0.25) is 5.43 Å². The molecule has 0 saturated carbocycles. The summed E-state index contributed by atoms with van der Waals surface area (Å²) in [4.78, 5) is 25.1. The molecule has 0 spiro atoms. The Bertz CT molecular complexity index is 1030. The van der Waals surface area contributed by atoms with Crippen molar-refractivity contribution in [2.24, 2.45) is 0 Å². The number of fused-ring (bicyclic) bond motifs is 1. The number of nitrogens with zero attached hydrogens (tertiary/aromatic N) is 2. The zero-order valence-corrected chi connectivity index (χ0v) is 15.6. The molecule has 134 valence electrons. The maximum absolute atomic E-state index is 12.7. The summed E-state index contributed by atoms with van der Waals surface area (Å²) in [6.45, 7) is 2.80. The number of aromatic nitrogens is 2. The molecular formula is C19H17Cl2N3O2. The topological polar surface area (TPSA) is 64.0 Å². The molecule has 0 saturated heterocycles. The molecule has 1 aromatic heterocycles. The fraction of sp³-hybridized carbons (Fsp3) is 0.211. The first-order valence-corrected chi connectivity index (χ1v) is 8.98. The van der Waals surface area contributed by atoms with Crippen LogP contribution in [0.25, 0.3) is 10.9 Å². The van der Waals surface area contributed by atoms with Crippen molar-refractivity contribution in [3.8, 4) is 0 Å². The summed E-state index contributed by atoms with van der Waals surface area (Å²) in [6, 6.07) is 12.4. The number of amides is 1. The van der Waals surface area contributed by atoms with Crippen molar-refractivity contribution in [3.63, 3.8) is 0 Å². The van der Waals surface area contributed by atoms with E-state index in [1.165, 1.54) is 0 Å². The van der Waals surface area contributed by atoms with Gasteiger partial charge in [-0.2, -0.15) is 5.10 Å². The third-order valence-corrected chi connectivity index (χ3v) is 4.49. The zero-order chi connectivity index (χ0) is 18.7. The highest BCUT2D eigenvalue weighted by molar-refractivity contribution is 6.31. The molecule has 0 aliphatic carbocycles. The number of benzene rings is 2. The first-order valence-electron chi connectivity index (χ1n) is 8.22. The Kier molecular flexibility index (Phi) is 5.59. The predicted octanol–water partition coefficient (Wildman–Crippen LogP) is 3.70. The van der Waals surface area contributed by atoms with Gasteiger partial charge in [-0.05, 0) is 49.2 Å². The number of nitrogens with one attached hydrogen (secondary N) is 1. The van der Waals surface area contributed by atoms with E-state index in [9.17, 15) is 9.59 Å². The van der Waals surface area contributed by atoms with Crippen LogP contribution in [-0.4, -0.2) is 22.2 Å². The number of halogens is 2. The van der Waals surface area contributed by atoms with Gasteiger partial charge in [-0.25, -0.2) is 0 Å². The van der Waals surface area contributed by atoms with Crippen molar-refractivity contribution in [1.82, 2.24) is 15.1 Å². The van der Waals surface area contributed by atoms with Gasteiger partial charge < -0.3 is 5.32 Å². The second-order valence-electron chi connectivity index (χ2n) is 5.79. The predicted molar refractivity (Wildman–Crippen MR) is 104 cm³/mol. The molecule has 0 aliphatic heterocycles. The third-order valence-electron chi connectivity index (χ3n) is 4.02. The molecular weight excluding hydrogens is 373 g/mol. The van der Waals surface area contributed by atoms with E-state index in [0.29, 0.717) is 40.5 Å². The molecule has 0 aliphatic rings. The highest BCUT2D eigenvalue weighted by Crippen LogP contribution is 2.16. The number of hydrogen-bond acceptors (Lipinski definition) is 3. The molecule has 2 aromatic carbocycles. The molecule has 0 radical (unpaired) electrons. The van der Waals surface area contributed by atoms with E-state index in [4.69, 9.17) is 23.2 Å². The average Bonchev–Trinajstić information content (AvgIpc) is 2.62. The quantitative estimate of drug-likeness (QED) is 0.723. The minimum Gasteiger partial charge on any atom is -0.350 e. The number of hydrogen-bond donors (Lipinski definition) is 1. The van der Waals surface area contributed by atoms with Gasteiger partial charge in [-0.1, -0.05) is 35.3 Å². The van der Waals surface area contributed by atoms with Crippen LogP contribution in [0, 0.1) is 0 Å². The average molecular weight is 390 g/mol. The second-order valence-corrected chi connectivity index (χ2v) is 6.66. The lowest BCUT2D eigenvalue weighted by atomic mass is 10.1. The summed E-state index contributed by atoms with van der Waals surface area (Å²) in [7, 11) is 0. The zero-order valence-electron chi connectivity index (χ0n) is 14.1. The molecule has 1 N–H and O–H groups in total. The van der Waals surface area contributed by atoms with Crippen molar-refractivity contribution in [1.29, 1.82) is 0 Å². The monoisotopic (exact) mass is 389 g/mol. The van der Waals surface area contributed by atoms with Crippen LogP contribution in [-0.2, 0) is 13.0 Å². The van der Waals surface area contributed by atoms with E-state index in [1.54, 1.807) is 28.9 Å². The van der Waals surface area contributed by atoms with E-state index in [2.05, 4.69) is 10.4 Å². The maximum Gasteiger partial charge on any atom is 0.275 e. The molecule has 0 bridgehead atoms. The molecule has 1 amide bonds. The summed E-state index contributed by atoms with van der Waals surface area (Å²) in [5, 5.41) is 8.43. The van der Waals surface area contributed by atoms with Crippen LogP contribution in [0.3, 0.4) is 0 Å². The lowest BCUT2D eigenvalue weighted by Crippen LogP contribution is -2.33. The molecule has 0 fully saturated rings. The molecule has 3 rings (SSSR count). The van der Waals surface area contributed by atoms with Gasteiger partial charge in [0.1, 0.15) is 0 Å². The Morgan fingerprint density at radius 1 is 1.15 bits per heavy atom. The van der Waals surface area contributed by atoms with Crippen molar-refractivity contribution >= 4 is 40.0 Å². The fourth-order valence-electron chi connectivity index (χ4n) is 2.75. The lowest BCUT2D eigenvalue weighted by Gasteiger charge is -2.11. The van der Waals surface area contributed by atoms with Crippen molar-refractivity contribution in [2.45, 2.75) is 19.9 Å². The van der Waals surface area contributed by atoms with Crippen molar-refractivity contribution in [3.05, 3.63) is 74.0 Å².